The van der Waals surface area contributed by atoms with Gasteiger partial charge in [-0.25, -0.2) is 0 Å². The van der Waals surface area contributed by atoms with Crippen LogP contribution in [-0.4, -0.2) is 37.9 Å². The van der Waals surface area contributed by atoms with E-state index in [2.05, 4.69) is 70.5 Å². The lowest BCUT2D eigenvalue weighted by molar-refractivity contribution is 0.671. The molecule has 4 heteroatoms. The van der Waals surface area contributed by atoms with Gasteiger partial charge in [-0.2, -0.15) is 0 Å². The Balaban J connectivity index is 2.01. The lowest BCUT2D eigenvalue weighted by atomic mass is 10.2. The molecule has 0 N–H and O–H groups in total. The van der Waals surface area contributed by atoms with Gasteiger partial charge in [0.15, 0.2) is 0 Å². The highest BCUT2D eigenvalue weighted by Crippen LogP contribution is 2.17. The number of halogens is 2. The number of para-hydroxylation sites is 2. The minimum Gasteiger partial charge on any atom is -0.370 e. The molecule has 2 nitrogen and oxygen atoms in total. The third-order valence-corrected chi connectivity index (χ3v) is 5.04. The summed E-state index contributed by atoms with van der Waals surface area (Å²) in [6.07, 6.45) is 4.36. The topological polar surface area (TPSA) is 6.48 Å². The van der Waals surface area contributed by atoms with Crippen molar-refractivity contribution in [1.82, 2.24) is 0 Å². The van der Waals surface area contributed by atoms with E-state index in [-0.39, 0.29) is 0 Å². The first-order chi connectivity index (χ1) is 12.8. The molecule has 0 fully saturated rings. The first-order valence-corrected chi connectivity index (χ1v) is 10.6. The fourth-order valence-corrected chi connectivity index (χ4v) is 3.43. The molecule has 0 radical (unpaired) electrons. The summed E-state index contributed by atoms with van der Waals surface area (Å²) in [5, 5.41) is 0. The summed E-state index contributed by atoms with van der Waals surface area (Å²) in [6, 6.07) is 21.4. The van der Waals surface area contributed by atoms with Crippen molar-refractivity contribution in [3.8, 4) is 0 Å². The second-order valence-corrected chi connectivity index (χ2v) is 7.19. The quantitative estimate of drug-likeness (QED) is 0.302. The zero-order valence-corrected chi connectivity index (χ0v) is 17.0. The van der Waals surface area contributed by atoms with Crippen LogP contribution >= 0.6 is 23.2 Å². The first-order valence-electron chi connectivity index (χ1n) is 9.57. The van der Waals surface area contributed by atoms with E-state index in [1.165, 1.54) is 11.4 Å². The Hall–Kier alpha value is -1.38. The smallest absolute Gasteiger partial charge is 0.0366 e. The van der Waals surface area contributed by atoms with Crippen molar-refractivity contribution < 1.29 is 0 Å². The second-order valence-electron chi connectivity index (χ2n) is 6.44. The normalized spacial score (nSPS) is 10.7. The summed E-state index contributed by atoms with van der Waals surface area (Å²) in [5.74, 6) is 1.47. The largest absolute Gasteiger partial charge is 0.370 e. The number of hydrogen-bond acceptors (Lipinski definition) is 2. The molecule has 0 bridgehead atoms. The van der Waals surface area contributed by atoms with Gasteiger partial charge in [0.2, 0.25) is 0 Å². The van der Waals surface area contributed by atoms with Crippen LogP contribution in [0.3, 0.4) is 0 Å². The van der Waals surface area contributed by atoms with E-state index in [0.717, 1.165) is 63.6 Å². The third kappa shape index (κ3) is 7.47. The van der Waals surface area contributed by atoms with Crippen molar-refractivity contribution in [2.75, 3.05) is 47.7 Å². The van der Waals surface area contributed by atoms with Crippen molar-refractivity contribution in [2.45, 2.75) is 25.7 Å². The van der Waals surface area contributed by atoms with Crippen molar-refractivity contribution in [2.24, 2.45) is 0 Å². The minimum atomic E-state index is 0.733. The highest BCUT2D eigenvalue weighted by Gasteiger charge is 2.10. The van der Waals surface area contributed by atoms with E-state index >= 15 is 0 Å². The van der Waals surface area contributed by atoms with E-state index in [1.807, 2.05) is 0 Å². The van der Waals surface area contributed by atoms with Crippen LogP contribution in [-0.2, 0) is 0 Å². The van der Waals surface area contributed by atoms with E-state index in [0.29, 0.717) is 0 Å². The van der Waals surface area contributed by atoms with Gasteiger partial charge in [-0.1, -0.05) is 36.4 Å². The first kappa shape index (κ1) is 20.9. The van der Waals surface area contributed by atoms with Gasteiger partial charge in [-0.15, -0.1) is 23.2 Å². The molecule has 2 aromatic rings. The molecule has 0 aromatic heterocycles. The molecule has 0 saturated carbocycles. The number of benzene rings is 2. The van der Waals surface area contributed by atoms with Crippen LogP contribution in [0.25, 0.3) is 0 Å². The number of hydrogen-bond donors (Lipinski definition) is 0. The summed E-state index contributed by atoms with van der Waals surface area (Å²) in [7, 11) is 0. The van der Waals surface area contributed by atoms with E-state index < -0.39 is 0 Å². The number of anilines is 2. The highest BCUT2D eigenvalue weighted by molar-refractivity contribution is 6.18. The molecule has 0 heterocycles. The molecule has 142 valence electrons. The molecule has 0 aliphatic rings. The van der Waals surface area contributed by atoms with Gasteiger partial charge in [-0.3, -0.25) is 0 Å². The monoisotopic (exact) mass is 392 g/mol. The Kier molecular flexibility index (Phi) is 10.4. The Labute approximate surface area is 168 Å². The molecule has 0 spiro atoms. The molecule has 0 amide bonds. The van der Waals surface area contributed by atoms with E-state index in [4.69, 9.17) is 23.2 Å². The van der Waals surface area contributed by atoms with E-state index in [9.17, 15) is 0 Å². The Bertz CT molecular complexity index is 524. The maximum atomic E-state index is 5.87. The zero-order valence-electron chi connectivity index (χ0n) is 15.5. The number of rotatable bonds is 13. The maximum Gasteiger partial charge on any atom is 0.0366 e. The van der Waals surface area contributed by atoms with Crippen molar-refractivity contribution in [3.05, 3.63) is 60.7 Å². The third-order valence-electron chi connectivity index (χ3n) is 4.51. The fourth-order valence-electron chi connectivity index (χ4n) is 3.05. The molecule has 0 aliphatic heterocycles. The molecule has 0 aliphatic carbocycles. The van der Waals surface area contributed by atoms with E-state index in [1.54, 1.807) is 0 Å². The number of alkyl halides is 2. The average Bonchev–Trinajstić information content (AvgIpc) is 2.70. The Morgan fingerprint density at radius 3 is 1.23 bits per heavy atom. The Morgan fingerprint density at radius 1 is 0.500 bits per heavy atom. The lowest BCUT2D eigenvalue weighted by Crippen LogP contribution is -2.36. The van der Waals surface area contributed by atoms with Gasteiger partial charge in [0.05, 0.1) is 0 Å². The van der Waals surface area contributed by atoms with Gasteiger partial charge in [0, 0.05) is 49.3 Å². The van der Waals surface area contributed by atoms with Crippen LogP contribution in [0, 0.1) is 0 Å². The molecule has 0 unspecified atom stereocenters. The summed E-state index contributed by atoms with van der Waals surface area (Å²) in [5.41, 5.74) is 2.58. The van der Waals surface area contributed by atoms with Gasteiger partial charge in [-0.05, 0) is 49.9 Å². The predicted molar refractivity (Wildman–Crippen MR) is 117 cm³/mol. The second kappa shape index (κ2) is 12.9. The molecular formula is C22H30Cl2N2. The van der Waals surface area contributed by atoms with Gasteiger partial charge in [0.1, 0.15) is 0 Å². The molecule has 0 saturated heterocycles. The number of nitrogens with zero attached hydrogens (tertiary/aromatic N) is 2. The van der Waals surface area contributed by atoms with Gasteiger partial charge < -0.3 is 9.80 Å². The van der Waals surface area contributed by atoms with Crippen LogP contribution in [0.5, 0.6) is 0 Å². The number of unbranched alkanes of at least 4 members (excludes halogenated alkanes) is 2. The highest BCUT2D eigenvalue weighted by atomic mass is 35.5. The minimum absolute atomic E-state index is 0.733. The summed E-state index contributed by atoms with van der Waals surface area (Å²) >= 11 is 11.7. The fraction of sp³-hybridized carbons (Fsp3) is 0.455. The average molecular weight is 393 g/mol. The molecular weight excluding hydrogens is 363 g/mol. The molecule has 2 aromatic carbocycles. The summed E-state index contributed by atoms with van der Waals surface area (Å²) in [4.78, 5) is 4.95. The van der Waals surface area contributed by atoms with Crippen molar-refractivity contribution in [1.29, 1.82) is 0 Å². The predicted octanol–water partition coefficient (Wildman–Crippen LogP) is 6.04. The van der Waals surface area contributed by atoms with Crippen LogP contribution in [0.1, 0.15) is 25.7 Å². The summed E-state index contributed by atoms with van der Waals surface area (Å²) < 4.78 is 0. The standard InChI is InChI=1S/C22H30Cl2N2/c23-15-7-9-17-25(21-11-3-1-4-12-21)19-20-26(18-10-8-16-24)22-13-5-2-6-14-22/h1-6,11-14H,7-10,15-20H2. The summed E-state index contributed by atoms with van der Waals surface area (Å²) in [6.45, 7) is 4.09. The van der Waals surface area contributed by atoms with Crippen molar-refractivity contribution in [3.63, 3.8) is 0 Å². The van der Waals surface area contributed by atoms with Crippen LogP contribution in [0.15, 0.2) is 60.7 Å². The van der Waals surface area contributed by atoms with Crippen LogP contribution < -0.4 is 9.80 Å². The molecule has 2 rings (SSSR count). The van der Waals surface area contributed by atoms with Gasteiger partial charge in [0.25, 0.3) is 0 Å². The lowest BCUT2D eigenvalue weighted by Gasteiger charge is -2.31. The molecule has 0 atom stereocenters. The van der Waals surface area contributed by atoms with Crippen LogP contribution in [0.2, 0.25) is 0 Å². The maximum absolute atomic E-state index is 5.87. The zero-order chi connectivity index (χ0) is 18.5. The van der Waals surface area contributed by atoms with Crippen molar-refractivity contribution >= 4 is 34.6 Å². The van der Waals surface area contributed by atoms with Crippen LogP contribution in [0.4, 0.5) is 11.4 Å². The SMILES string of the molecule is ClCCCCN(CCN(CCCCCl)c1ccccc1)c1ccccc1. The van der Waals surface area contributed by atoms with Gasteiger partial charge >= 0.3 is 0 Å². The Morgan fingerprint density at radius 2 is 0.885 bits per heavy atom. The molecule has 26 heavy (non-hydrogen) atoms.